The van der Waals surface area contributed by atoms with Gasteiger partial charge in [-0.3, -0.25) is 0 Å². The summed E-state index contributed by atoms with van der Waals surface area (Å²) in [5.41, 5.74) is 2.14. The van der Waals surface area contributed by atoms with Crippen LogP contribution in [0.4, 0.5) is 5.69 Å². The lowest BCUT2D eigenvalue weighted by molar-refractivity contribution is 0.220. The lowest BCUT2D eigenvalue weighted by Crippen LogP contribution is -2.18. The largest absolute Gasteiger partial charge is 0.384 e. The molecule has 7 heteroatoms. The Hall–Kier alpha value is -1.86. The number of primary sulfonamides is 1. The van der Waals surface area contributed by atoms with Crippen LogP contribution in [0, 0.1) is 0 Å². The Morgan fingerprint density at radius 3 is 2.21 bits per heavy atom. The van der Waals surface area contributed by atoms with Crippen LogP contribution in [0.5, 0.6) is 0 Å². The van der Waals surface area contributed by atoms with E-state index in [0.717, 1.165) is 18.8 Å². The Morgan fingerprint density at radius 2 is 1.62 bits per heavy atom. The van der Waals surface area contributed by atoms with Gasteiger partial charge in [-0.1, -0.05) is 42.0 Å². The molecule has 1 atom stereocenters. The molecule has 2 aromatic carbocycles. The summed E-state index contributed by atoms with van der Waals surface area (Å²) in [6.07, 6.45) is 3.24. The Labute approximate surface area is 146 Å². The van der Waals surface area contributed by atoms with Crippen LogP contribution >= 0.6 is 11.6 Å². The topological polar surface area (TPSA) is 83.6 Å². The molecule has 0 saturated carbocycles. The van der Waals surface area contributed by atoms with E-state index in [4.69, 9.17) is 16.7 Å². The number of aliphatic hydroxyl groups excluding tert-OH is 1. The van der Waals surface area contributed by atoms with Crippen LogP contribution in [0.25, 0.3) is 0 Å². The number of anilines is 1. The van der Waals surface area contributed by atoms with Crippen LogP contribution in [-0.4, -0.2) is 26.6 Å². The van der Waals surface area contributed by atoms with Gasteiger partial charge in [-0.05, 0) is 35.4 Å². The molecule has 0 fully saturated rings. The third-order valence-electron chi connectivity index (χ3n) is 3.97. The average molecular weight is 365 g/mol. The van der Waals surface area contributed by atoms with Crippen molar-refractivity contribution >= 4 is 27.3 Å². The van der Waals surface area contributed by atoms with Gasteiger partial charge in [0.1, 0.15) is 11.0 Å². The number of sulfonamides is 1. The SMILES string of the molecule is NS(=O)(=O)c1cc(C(O)c2ccc(N3CC=CC3)cc2)ccc1Cl. The first kappa shape index (κ1) is 17.0. The Bertz CT molecular complexity index is 871. The molecule has 1 heterocycles. The second-order valence-electron chi connectivity index (χ2n) is 5.61. The highest BCUT2D eigenvalue weighted by molar-refractivity contribution is 7.89. The minimum Gasteiger partial charge on any atom is -0.384 e. The minimum absolute atomic E-state index is 0.0327. The molecule has 24 heavy (non-hydrogen) atoms. The number of rotatable bonds is 4. The van der Waals surface area contributed by atoms with Crippen molar-refractivity contribution in [3.05, 3.63) is 70.8 Å². The molecule has 1 aliphatic heterocycles. The predicted octanol–water partition coefficient (Wildman–Crippen LogP) is 2.45. The van der Waals surface area contributed by atoms with Crippen molar-refractivity contribution in [2.75, 3.05) is 18.0 Å². The van der Waals surface area contributed by atoms with Crippen LogP contribution in [0.15, 0.2) is 59.5 Å². The zero-order valence-electron chi connectivity index (χ0n) is 12.8. The summed E-state index contributed by atoms with van der Waals surface area (Å²) < 4.78 is 23.1. The van der Waals surface area contributed by atoms with Crippen molar-refractivity contribution < 1.29 is 13.5 Å². The van der Waals surface area contributed by atoms with Gasteiger partial charge in [-0.25, -0.2) is 13.6 Å². The number of aliphatic hydroxyl groups is 1. The maximum atomic E-state index is 11.6. The second-order valence-corrected chi connectivity index (χ2v) is 7.54. The van der Waals surface area contributed by atoms with E-state index in [9.17, 15) is 13.5 Å². The summed E-state index contributed by atoms with van der Waals surface area (Å²) in [5.74, 6) is 0. The lowest BCUT2D eigenvalue weighted by atomic mass is 10.0. The van der Waals surface area contributed by atoms with Crippen molar-refractivity contribution in [3.63, 3.8) is 0 Å². The van der Waals surface area contributed by atoms with E-state index < -0.39 is 16.1 Å². The first-order valence-corrected chi connectivity index (χ1v) is 9.29. The summed E-state index contributed by atoms with van der Waals surface area (Å²) in [5, 5.41) is 15.7. The van der Waals surface area contributed by atoms with E-state index in [0.29, 0.717) is 11.1 Å². The monoisotopic (exact) mass is 364 g/mol. The van der Waals surface area contributed by atoms with Crippen molar-refractivity contribution in [2.45, 2.75) is 11.0 Å². The molecule has 0 aromatic heterocycles. The molecule has 0 radical (unpaired) electrons. The van der Waals surface area contributed by atoms with E-state index in [-0.39, 0.29) is 9.92 Å². The van der Waals surface area contributed by atoms with E-state index in [1.165, 1.54) is 12.1 Å². The third-order valence-corrected chi connectivity index (χ3v) is 5.36. The molecular weight excluding hydrogens is 348 g/mol. The molecule has 2 aromatic rings. The molecule has 0 saturated heterocycles. The van der Waals surface area contributed by atoms with E-state index in [1.54, 1.807) is 6.07 Å². The normalized spacial score (nSPS) is 15.7. The van der Waals surface area contributed by atoms with Crippen LogP contribution < -0.4 is 10.0 Å². The lowest BCUT2D eigenvalue weighted by Gasteiger charge is -2.19. The number of hydrogen-bond acceptors (Lipinski definition) is 4. The number of benzene rings is 2. The zero-order chi connectivity index (χ0) is 17.3. The van der Waals surface area contributed by atoms with Crippen molar-refractivity contribution in [3.8, 4) is 0 Å². The standard InChI is InChI=1S/C17H17ClN2O3S/c18-15-8-5-13(11-16(15)24(19,22)23)17(21)12-3-6-14(7-4-12)20-9-1-2-10-20/h1-8,11,17,21H,9-10H2,(H2,19,22,23). The Kier molecular flexibility index (Phi) is 4.64. The highest BCUT2D eigenvalue weighted by atomic mass is 35.5. The van der Waals surface area contributed by atoms with Crippen molar-refractivity contribution in [1.82, 2.24) is 0 Å². The average Bonchev–Trinajstić information content (AvgIpc) is 3.08. The second kappa shape index (κ2) is 6.57. The van der Waals surface area contributed by atoms with Crippen molar-refractivity contribution in [1.29, 1.82) is 0 Å². The van der Waals surface area contributed by atoms with Gasteiger partial charge in [0.15, 0.2) is 0 Å². The van der Waals surface area contributed by atoms with Gasteiger partial charge in [-0.15, -0.1) is 0 Å². The van der Waals surface area contributed by atoms with Gasteiger partial charge in [0.25, 0.3) is 0 Å². The van der Waals surface area contributed by atoms with E-state index in [1.807, 2.05) is 24.3 Å². The van der Waals surface area contributed by atoms with Crippen LogP contribution in [0.2, 0.25) is 5.02 Å². The molecule has 0 aliphatic carbocycles. The number of nitrogens with two attached hydrogens (primary N) is 1. The fourth-order valence-electron chi connectivity index (χ4n) is 2.66. The quantitative estimate of drug-likeness (QED) is 0.816. The fourth-order valence-corrected chi connectivity index (χ4v) is 3.74. The maximum absolute atomic E-state index is 11.6. The van der Waals surface area contributed by atoms with E-state index >= 15 is 0 Å². The summed E-state index contributed by atoms with van der Waals surface area (Å²) >= 11 is 5.87. The van der Waals surface area contributed by atoms with Crippen LogP contribution in [0.3, 0.4) is 0 Å². The van der Waals surface area contributed by atoms with Gasteiger partial charge in [0, 0.05) is 18.8 Å². The summed E-state index contributed by atoms with van der Waals surface area (Å²) in [7, 11) is -3.95. The molecule has 0 bridgehead atoms. The van der Waals surface area contributed by atoms with Crippen LogP contribution in [-0.2, 0) is 10.0 Å². The zero-order valence-corrected chi connectivity index (χ0v) is 14.3. The highest BCUT2D eigenvalue weighted by Crippen LogP contribution is 2.29. The van der Waals surface area contributed by atoms with E-state index in [2.05, 4.69) is 17.1 Å². The first-order valence-electron chi connectivity index (χ1n) is 7.36. The molecule has 1 aliphatic rings. The summed E-state index contributed by atoms with van der Waals surface area (Å²) in [6.45, 7) is 1.74. The summed E-state index contributed by atoms with van der Waals surface area (Å²) in [4.78, 5) is 2.00. The molecule has 0 amide bonds. The first-order chi connectivity index (χ1) is 11.4. The Balaban J connectivity index is 1.87. The molecule has 0 spiro atoms. The molecule has 3 N–H and O–H groups in total. The molecular formula is C17H17ClN2O3S. The minimum atomic E-state index is -3.95. The number of hydrogen-bond donors (Lipinski definition) is 2. The van der Waals surface area contributed by atoms with Gasteiger partial charge < -0.3 is 10.0 Å². The van der Waals surface area contributed by atoms with Gasteiger partial charge in [-0.2, -0.15) is 0 Å². The van der Waals surface area contributed by atoms with Gasteiger partial charge in [0.2, 0.25) is 10.0 Å². The highest BCUT2D eigenvalue weighted by Gasteiger charge is 2.18. The third kappa shape index (κ3) is 3.47. The molecule has 1 unspecified atom stereocenters. The number of nitrogens with zero attached hydrogens (tertiary/aromatic N) is 1. The van der Waals surface area contributed by atoms with Gasteiger partial charge >= 0.3 is 0 Å². The smallest absolute Gasteiger partial charge is 0.239 e. The van der Waals surface area contributed by atoms with Crippen LogP contribution in [0.1, 0.15) is 17.2 Å². The Morgan fingerprint density at radius 1 is 1.04 bits per heavy atom. The van der Waals surface area contributed by atoms with Crippen molar-refractivity contribution in [2.24, 2.45) is 5.14 Å². The molecule has 5 nitrogen and oxygen atoms in total. The number of halogens is 1. The molecule has 3 rings (SSSR count). The predicted molar refractivity (Wildman–Crippen MR) is 94.7 cm³/mol. The fraction of sp³-hybridized carbons (Fsp3) is 0.176. The molecule has 126 valence electrons. The summed E-state index contributed by atoms with van der Waals surface area (Å²) in [6, 6.07) is 11.8. The maximum Gasteiger partial charge on any atom is 0.239 e. The van der Waals surface area contributed by atoms with Gasteiger partial charge in [0.05, 0.1) is 5.02 Å².